The largest absolute Gasteiger partial charge is 0.303 e. The maximum absolute atomic E-state index is 10.3. The van der Waals surface area contributed by atoms with Gasteiger partial charge in [0.15, 0.2) is 0 Å². The second kappa shape index (κ2) is 6.00. The van der Waals surface area contributed by atoms with Crippen LogP contribution in [0.1, 0.15) is 18.4 Å². The van der Waals surface area contributed by atoms with Crippen molar-refractivity contribution < 1.29 is 4.79 Å². The van der Waals surface area contributed by atoms with Crippen molar-refractivity contribution in [1.82, 2.24) is 0 Å². The van der Waals surface area contributed by atoms with Crippen LogP contribution in [0, 0.1) is 0 Å². The normalized spacial score (nSPS) is 10.1. The predicted octanol–water partition coefficient (Wildman–Crippen LogP) is 3.88. The lowest BCUT2D eigenvalue weighted by Gasteiger charge is -2.04. The Hall–Kier alpha value is -1.89. The Morgan fingerprint density at radius 3 is 2.41 bits per heavy atom. The Bertz CT molecular complexity index is 474. The van der Waals surface area contributed by atoms with Gasteiger partial charge in [0.05, 0.1) is 0 Å². The van der Waals surface area contributed by atoms with Crippen molar-refractivity contribution in [2.75, 3.05) is 0 Å². The number of carbonyl (C=O) groups is 1. The van der Waals surface area contributed by atoms with Gasteiger partial charge in [-0.3, -0.25) is 0 Å². The average Bonchev–Trinajstić information content (AvgIpc) is 2.41. The molecule has 0 N–H and O–H groups in total. The van der Waals surface area contributed by atoms with Gasteiger partial charge in [0.1, 0.15) is 6.29 Å². The average molecular weight is 224 g/mol. The molecule has 0 spiro atoms. The Labute approximate surface area is 102 Å². The molecule has 1 heteroatoms. The molecule has 17 heavy (non-hydrogen) atoms. The van der Waals surface area contributed by atoms with Gasteiger partial charge >= 0.3 is 0 Å². The minimum absolute atomic E-state index is 0.648. The molecular weight excluding hydrogens is 208 g/mol. The Morgan fingerprint density at radius 2 is 1.65 bits per heavy atom. The molecule has 1 nitrogen and oxygen atoms in total. The molecule has 0 aliphatic heterocycles. The third kappa shape index (κ3) is 3.28. The summed E-state index contributed by atoms with van der Waals surface area (Å²) in [5, 5.41) is 0. The van der Waals surface area contributed by atoms with E-state index < -0.39 is 0 Å². The van der Waals surface area contributed by atoms with Crippen LogP contribution in [-0.2, 0) is 11.2 Å². The van der Waals surface area contributed by atoms with E-state index in [1.807, 2.05) is 18.2 Å². The monoisotopic (exact) mass is 224 g/mol. The molecule has 0 aromatic heterocycles. The van der Waals surface area contributed by atoms with E-state index in [0.29, 0.717) is 6.42 Å². The van der Waals surface area contributed by atoms with Crippen LogP contribution in [0.5, 0.6) is 0 Å². The molecule has 0 aliphatic rings. The van der Waals surface area contributed by atoms with Gasteiger partial charge < -0.3 is 4.79 Å². The smallest absolute Gasteiger partial charge is 0.120 e. The van der Waals surface area contributed by atoms with Gasteiger partial charge in [0, 0.05) is 6.42 Å². The summed E-state index contributed by atoms with van der Waals surface area (Å²) in [7, 11) is 0. The first-order valence-corrected chi connectivity index (χ1v) is 5.98. The van der Waals surface area contributed by atoms with Crippen LogP contribution in [0.3, 0.4) is 0 Å². The SMILES string of the molecule is O=CCCCc1cccc(-c2ccccc2)c1. The fourth-order valence-electron chi connectivity index (χ4n) is 1.93. The number of aryl methyl sites for hydroxylation is 1. The molecule has 0 fully saturated rings. The van der Waals surface area contributed by atoms with Gasteiger partial charge in [-0.1, -0.05) is 54.6 Å². The lowest BCUT2D eigenvalue weighted by atomic mass is 10.0. The van der Waals surface area contributed by atoms with Crippen molar-refractivity contribution in [2.24, 2.45) is 0 Å². The molecule has 2 aromatic rings. The van der Waals surface area contributed by atoms with Crippen LogP contribution in [0.25, 0.3) is 11.1 Å². The molecule has 2 aromatic carbocycles. The number of unbranched alkanes of at least 4 members (excludes halogenated alkanes) is 1. The second-order valence-electron chi connectivity index (χ2n) is 4.13. The van der Waals surface area contributed by atoms with Gasteiger partial charge in [-0.15, -0.1) is 0 Å². The zero-order chi connectivity index (χ0) is 11.9. The van der Waals surface area contributed by atoms with E-state index in [4.69, 9.17) is 0 Å². The zero-order valence-corrected chi connectivity index (χ0v) is 9.80. The maximum Gasteiger partial charge on any atom is 0.120 e. The second-order valence-corrected chi connectivity index (χ2v) is 4.13. The van der Waals surface area contributed by atoms with Gasteiger partial charge in [-0.05, 0) is 29.5 Å². The van der Waals surface area contributed by atoms with Crippen molar-refractivity contribution in [3.05, 3.63) is 60.2 Å². The zero-order valence-electron chi connectivity index (χ0n) is 9.80. The molecule has 0 radical (unpaired) electrons. The lowest BCUT2D eigenvalue weighted by Crippen LogP contribution is -1.87. The molecule has 0 saturated carbocycles. The number of benzene rings is 2. The van der Waals surface area contributed by atoms with Crippen LogP contribution in [0.15, 0.2) is 54.6 Å². The summed E-state index contributed by atoms with van der Waals surface area (Å²) in [5.41, 5.74) is 3.78. The first-order valence-electron chi connectivity index (χ1n) is 5.98. The summed E-state index contributed by atoms with van der Waals surface area (Å²) in [6.07, 6.45) is 3.54. The number of carbonyl (C=O) groups excluding carboxylic acids is 1. The lowest BCUT2D eigenvalue weighted by molar-refractivity contribution is -0.107. The minimum atomic E-state index is 0.648. The molecule has 86 valence electrons. The molecule has 0 unspecified atom stereocenters. The van der Waals surface area contributed by atoms with Gasteiger partial charge in [-0.25, -0.2) is 0 Å². The predicted molar refractivity (Wildman–Crippen MR) is 70.9 cm³/mol. The number of hydrogen-bond donors (Lipinski definition) is 0. The molecule has 0 heterocycles. The van der Waals surface area contributed by atoms with E-state index in [2.05, 4.69) is 36.4 Å². The van der Waals surface area contributed by atoms with E-state index in [1.54, 1.807) is 0 Å². The highest BCUT2D eigenvalue weighted by Gasteiger charge is 1.98. The van der Waals surface area contributed by atoms with Gasteiger partial charge in [0.25, 0.3) is 0 Å². The van der Waals surface area contributed by atoms with Crippen molar-refractivity contribution in [2.45, 2.75) is 19.3 Å². The summed E-state index contributed by atoms with van der Waals surface area (Å²) in [4.78, 5) is 10.3. The summed E-state index contributed by atoms with van der Waals surface area (Å²) < 4.78 is 0. The highest BCUT2D eigenvalue weighted by atomic mass is 16.1. The highest BCUT2D eigenvalue weighted by molar-refractivity contribution is 5.63. The van der Waals surface area contributed by atoms with E-state index in [1.165, 1.54) is 16.7 Å². The molecular formula is C16H16O. The summed E-state index contributed by atoms with van der Waals surface area (Å²) in [5.74, 6) is 0. The standard InChI is InChI=1S/C16H16O/c17-12-5-4-7-14-8-6-11-16(13-14)15-9-2-1-3-10-15/h1-3,6,8-13H,4-5,7H2. The van der Waals surface area contributed by atoms with Crippen molar-refractivity contribution in [3.63, 3.8) is 0 Å². The Morgan fingerprint density at radius 1 is 0.882 bits per heavy atom. The van der Waals surface area contributed by atoms with Crippen LogP contribution >= 0.6 is 0 Å². The van der Waals surface area contributed by atoms with E-state index in [9.17, 15) is 4.79 Å². The quantitative estimate of drug-likeness (QED) is 0.556. The van der Waals surface area contributed by atoms with Crippen molar-refractivity contribution in [3.8, 4) is 11.1 Å². The molecule has 0 saturated heterocycles. The molecule has 0 aliphatic carbocycles. The van der Waals surface area contributed by atoms with E-state index in [0.717, 1.165) is 19.1 Å². The van der Waals surface area contributed by atoms with Crippen LogP contribution < -0.4 is 0 Å². The fraction of sp³-hybridized carbons (Fsp3) is 0.188. The fourth-order valence-corrected chi connectivity index (χ4v) is 1.93. The molecule has 0 atom stereocenters. The van der Waals surface area contributed by atoms with Gasteiger partial charge in [0.2, 0.25) is 0 Å². The van der Waals surface area contributed by atoms with Gasteiger partial charge in [-0.2, -0.15) is 0 Å². The topological polar surface area (TPSA) is 17.1 Å². The maximum atomic E-state index is 10.3. The van der Waals surface area contributed by atoms with Crippen LogP contribution in [-0.4, -0.2) is 6.29 Å². The van der Waals surface area contributed by atoms with Crippen LogP contribution in [0.4, 0.5) is 0 Å². The third-order valence-corrected chi connectivity index (χ3v) is 2.82. The number of rotatable bonds is 5. The summed E-state index contributed by atoms with van der Waals surface area (Å²) in [6, 6.07) is 18.9. The summed E-state index contributed by atoms with van der Waals surface area (Å²) in [6.45, 7) is 0. The molecule has 0 amide bonds. The minimum Gasteiger partial charge on any atom is -0.303 e. The number of aldehydes is 1. The van der Waals surface area contributed by atoms with E-state index >= 15 is 0 Å². The highest BCUT2D eigenvalue weighted by Crippen LogP contribution is 2.20. The summed E-state index contributed by atoms with van der Waals surface area (Å²) >= 11 is 0. The third-order valence-electron chi connectivity index (χ3n) is 2.82. The molecule has 2 rings (SSSR count). The Balaban J connectivity index is 2.14. The van der Waals surface area contributed by atoms with Crippen molar-refractivity contribution in [1.29, 1.82) is 0 Å². The molecule has 0 bridgehead atoms. The Kier molecular flexibility index (Phi) is 4.09. The van der Waals surface area contributed by atoms with Crippen LogP contribution in [0.2, 0.25) is 0 Å². The first-order chi connectivity index (χ1) is 8.40. The van der Waals surface area contributed by atoms with Crippen molar-refractivity contribution >= 4 is 6.29 Å². The first kappa shape index (κ1) is 11.6. The number of hydrogen-bond acceptors (Lipinski definition) is 1. The van der Waals surface area contributed by atoms with E-state index in [-0.39, 0.29) is 0 Å².